The van der Waals surface area contributed by atoms with Crippen molar-refractivity contribution in [3.05, 3.63) is 36.0 Å². The van der Waals surface area contributed by atoms with Crippen molar-refractivity contribution in [2.75, 3.05) is 5.32 Å². The molecule has 0 aliphatic heterocycles. The Kier molecular flexibility index (Phi) is 5.15. The van der Waals surface area contributed by atoms with Crippen molar-refractivity contribution in [1.82, 2.24) is 0 Å². The molecule has 0 spiro atoms. The lowest BCUT2D eigenvalue weighted by molar-refractivity contribution is -0.117. The van der Waals surface area contributed by atoms with Gasteiger partial charge in [-0.2, -0.15) is 0 Å². The predicted octanol–water partition coefficient (Wildman–Crippen LogP) is 5.08. The van der Waals surface area contributed by atoms with E-state index in [0.29, 0.717) is 17.8 Å². The van der Waals surface area contributed by atoms with Gasteiger partial charge in [-0.25, -0.2) is 0 Å². The molecular weight excluding hydrogens is 278 g/mol. The lowest BCUT2D eigenvalue weighted by atomic mass is 9.68. The van der Waals surface area contributed by atoms with Crippen LogP contribution in [-0.2, 0) is 4.79 Å². The van der Waals surface area contributed by atoms with Crippen LogP contribution in [0.1, 0.15) is 46.5 Å². The average Bonchev–Trinajstić information content (AvgIpc) is 2.47. The van der Waals surface area contributed by atoms with Gasteiger partial charge >= 0.3 is 0 Å². The molecule has 0 radical (unpaired) electrons. The van der Waals surface area contributed by atoms with E-state index in [2.05, 4.69) is 38.7 Å². The minimum absolute atomic E-state index is 0.280. The second-order valence-corrected chi connectivity index (χ2v) is 7.02. The third-order valence-corrected chi connectivity index (χ3v) is 5.26. The van der Waals surface area contributed by atoms with Gasteiger partial charge < -0.3 is 5.32 Å². The maximum atomic E-state index is 12.1. The lowest BCUT2D eigenvalue weighted by Gasteiger charge is -2.36. The summed E-state index contributed by atoms with van der Waals surface area (Å²) in [4.78, 5) is 13.0. The highest BCUT2D eigenvalue weighted by Gasteiger charge is 2.33. The SMILES string of the molecule is CCC(C)(C)[C@H]1CCC(=O)/C(=C/Nc2ccccc2S)C1. The zero-order valence-corrected chi connectivity index (χ0v) is 14.0. The molecule has 0 bridgehead atoms. The summed E-state index contributed by atoms with van der Waals surface area (Å²) in [6.45, 7) is 6.85. The quantitative estimate of drug-likeness (QED) is 0.600. The summed E-state index contributed by atoms with van der Waals surface area (Å²) in [5, 5.41) is 3.24. The van der Waals surface area contributed by atoms with E-state index in [4.69, 9.17) is 0 Å². The average molecular weight is 303 g/mol. The molecule has 1 aliphatic rings. The Balaban J connectivity index is 2.12. The molecule has 1 aromatic carbocycles. The van der Waals surface area contributed by atoms with E-state index in [-0.39, 0.29) is 5.78 Å². The standard InChI is InChI=1S/C18H25NOS/c1-4-18(2,3)14-9-10-16(20)13(11-14)12-19-15-7-5-6-8-17(15)21/h5-8,12,14,19,21H,4,9-11H2,1-3H3/b13-12+/t14-/m0/s1. The highest BCUT2D eigenvalue weighted by Crippen LogP contribution is 2.41. The molecule has 1 aliphatic carbocycles. The molecule has 21 heavy (non-hydrogen) atoms. The van der Waals surface area contributed by atoms with Crippen LogP contribution < -0.4 is 5.32 Å². The van der Waals surface area contributed by atoms with Crippen molar-refractivity contribution >= 4 is 24.1 Å². The molecule has 1 N–H and O–H groups in total. The molecule has 0 amide bonds. The van der Waals surface area contributed by atoms with Crippen molar-refractivity contribution in [2.24, 2.45) is 11.3 Å². The van der Waals surface area contributed by atoms with Gasteiger partial charge in [0.15, 0.2) is 5.78 Å². The first kappa shape index (κ1) is 16.2. The van der Waals surface area contributed by atoms with Gasteiger partial charge in [0.25, 0.3) is 0 Å². The Morgan fingerprint density at radius 3 is 2.76 bits per heavy atom. The second-order valence-electron chi connectivity index (χ2n) is 6.54. The molecule has 2 rings (SSSR count). The minimum Gasteiger partial charge on any atom is -0.360 e. The molecule has 1 fully saturated rings. The van der Waals surface area contributed by atoms with Gasteiger partial charge in [0.2, 0.25) is 0 Å². The van der Waals surface area contributed by atoms with E-state index < -0.39 is 0 Å². The highest BCUT2D eigenvalue weighted by atomic mass is 32.1. The first-order valence-electron chi connectivity index (χ1n) is 7.71. The fraction of sp³-hybridized carbons (Fsp3) is 0.500. The summed E-state index contributed by atoms with van der Waals surface area (Å²) < 4.78 is 0. The number of benzene rings is 1. The molecule has 3 heteroatoms. The van der Waals surface area contributed by atoms with E-state index in [1.54, 1.807) is 0 Å². The molecule has 0 unspecified atom stereocenters. The lowest BCUT2D eigenvalue weighted by Crippen LogP contribution is -2.29. The monoisotopic (exact) mass is 303 g/mol. The van der Waals surface area contributed by atoms with Crippen molar-refractivity contribution in [3.63, 3.8) is 0 Å². The van der Waals surface area contributed by atoms with Crippen LogP contribution in [0.3, 0.4) is 0 Å². The van der Waals surface area contributed by atoms with Crippen LogP contribution in [0.2, 0.25) is 0 Å². The Morgan fingerprint density at radius 2 is 2.10 bits per heavy atom. The predicted molar refractivity (Wildman–Crippen MR) is 91.8 cm³/mol. The number of para-hydroxylation sites is 1. The number of Topliss-reactive ketones (excluding diaryl/α,β-unsaturated/α-hetero) is 1. The van der Waals surface area contributed by atoms with Crippen LogP contribution in [0.4, 0.5) is 5.69 Å². The van der Waals surface area contributed by atoms with Crippen molar-refractivity contribution in [2.45, 2.75) is 51.3 Å². The van der Waals surface area contributed by atoms with E-state index in [1.807, 2.05) is 30.5 Å². The maximum Gasteiger partial charge on any atom is 0.160 e. The molecule has 1 atom stereocenters. The zero-order chi connectivity index (χ0) is 15.5. The number of ketones is 1. The van der Waals surface area contributed by atoms with Crippen LogP contribution in [0.15, 0.2) is 40.9 Å². The fourth-order valence-electron chi connectivity index (χ4n) is 2.80. The summed E-state index contributed by atoms with van der Waals surface area (Å²) >= 11 is 4.42. The van der Waals surface area contributed by atoms with Crippen LogP contribution in [0.25, 0.3) is 0 Å². The molecule has 0 saturated heterocycles. The van der Waals surface area contributed by atoms with Gasteiger partial charge in [0.05, 0.1) is 5.69 Å². The number of carbonyl (C=O) groups is 1. The second kappa shape index (κ2) is 6.69. The van der Waals surface area contributed by atoms with Gasteiger partial charge in [0.1, 0.15) is 0 Å². The zero-order valence-electron chi connectivity index (χ0n) is 13.1. The smallest absolute Gasteiger partial charge is 0.160 e. The van der Waals surface area contributed by atoms with Gasteiger partial charge in [-0.3, -0.25) is 4.79 Å². The first-order valence-corrected chi connectivity index (χ1v) is 8.15. The Hall–Kier alpha value is -1.22. The van der Waals surface area contributed by atoms with Crippen LogP contribution in [0.5, 0.6) is 0 Å². The van der Waals surface area contributed by atoms with Crippen LogP contribution in [-0.4, -0.2) is 5.78 Å². The molecule has 1 saturated carbocycles. The summed E-state index contributed by atoms with van der Waals surface area (Å²) in [7, 11) is 0. The Labute approximate surface area is 133 Å². The van der Waals surface area contributed by atoms with E-state index >= 15 is 0 Å². The van der Waals surface area contributed by atoms with E-state index in [9.17, 15) is 4.79 Å². The Morgan fingerprint density at radius 1 is 1.38 bits per heavy atom. The van der Waals surface area contributed by atoms with E-state index in [1.165, 1.54) is 0 Å². The summed E-state index contributed by atoms with van der Waals surface area (Å²) in [6.07, 6.45) is 5.59. The number of hydrogen-bond donors (Lipinski definition) is 2. The number of nitrogens with one attached hydrogen (secondary N) is 1. The van der Waals surface area contributed by atoms with Crippen LogP contribution in [0, 0.1) is 11.3 Å². The van der Waals surface area contributed by atoms with Gasteiger partial charge in [-0.15, -0.1) is 12.6 Å². The van der Waals surface area contributed by atoms with E-state index in [0.717, 1.165) is 35.4 Å². The molecular formula is C18H25NOS. The summed E-state index contributed by atoms with van der Waals surface area (Å²) in [6, 6.07) is 7.83. The molecule has 0 aromatic heterocycles. The number of thiol groups is 1. The Bertz CT molecular complexity index is 548. The minimum atomic E-state index is 0.280. The number of rotatable bonds is 4. The molecule has 0 heterocycles. The highest BCUT2D eigenvalue weighted by molar-refractivity contribution is 7.80. The van der Waals surface area contributed by atoms with Gasteiger partial charge in [0, 0.05) is 23.1 Å². The van der Waals surface area contributed by atoms with Crippen molar-refractivity contribution in [1.29, 1.82) is 0 Å². The number of anilines is 1. The summed E-state index contributed by atoms with van der Waals surface area (Å²) in [5.74, 6) is 0.863. The topological polar surface area (TPSA) is 29.1 Å². The number of allylic oxidation sites excluding steroid dienone is 1. The van der Waals surface area contributed by atoms with Gasteiger partial charge in [-0.1, -0.05) is 39.3 Å². The van der Waals surface area contributed by atoms with Crippen molar-refractivity contribution in [3.8, 4) is 0 Å². The van der Waals surface area contributed by atoms with Crippen molar-refractivity contribution < 1.29 is 4.79 Å². The molecule has 1 aromatic rings. The molecule has 114 valence electrons. The maximum absolute atomic E-state index is 12.1. The third kappa shape index (κ3) is 3.91. The number of carbonyl (C=O) groups excluding carboxylic acids is 1. The first-order chi connectivity index (χ1) is 9.94. The molecule has 2 nitrogen and oxygen atoms in total. The third-order valence-electron chi connectivity index (χ3n) is 4.87. The summed E-state index contributed by atoms with van der Waals surface area (Å²) in [5.41, 5.74) is 2.16. The normalized spacial score (nSPS) is 21.6. The largest absolute Gasteiger partial charge is 0.360 e. The van der Waals surface area contributed by atoms with Crippen LogP contribution >= 0.6 is 12.6 Å². The number of hydrogen-bond acceptors (Lipinski definition) is 3. The fourth-order valence-corrected chi connectivity index (χ4v) is 3.03. The van der Waals surface area contributed by atoms with Gasteiger partial charge in [-0.05, 0) is 36.3 Å².